The summed E-state index contributed by atoms with van der Waals surface area (Å²) in [7, 11) is 0. The summed E-state index contributed by atoms with van der Waals surface area (Å²) in [6, 6.07) is 11.7. The largest absolute Gasteiger partial charge is 0.507 e. The first-order chi connectivity index (χ1) is 10.1. The van der Waals surface area contributed by atoms with Crippen LogP contribution < -0.4 is 0 Å². The molecule has 2 N–H and O–H groups in total. The molecule has 1 aliphatic carbocycles. The summed E-state index contributed by atoms with van der Waals surface area (Å²) in [6.45, 7) is 0. The highest BCUT2D eigenvalue weighted by molar-refractivity contribution is 6.11. The van der Waals surface area contributed by atoms with E-state index >= 15 is 0 Å². The van der Waals surface area contributed by atoms with Crippen molar-refractivity contribution >= 4 is 11.8 Å². The predicted octanol–water partition coefficient (Wildman–Crippen LogP) is 2.74. The zero-order valence-corrected chi connectivity index (χ0v) is 11.2. The van der Waals surface area contributed by atoms with E-state index in [4.69, 9.17) is 0 Å². The molecule has 4 heteroatoms. The summed E-state index contributed by atoms with van der Waals surface area (Å²) in [5.41, 5.74) is 2.08. The van der Waals surface area contributed by atoms with Gasteiger partial charge in [-0.15, -0.1) is 0 Å². The topological polar surface area (TPSA) is 74.6 Å². The third-order valence-electron chi connectivity index (χ3n) is 3.91. The van der Waals surface area contributed by atoms with Crippen LogP contribution in [0.4, 0.5) is 0 Å². The molecule has 1 unspecified atom stereocenters. The normalized spacial score (nSPS) is 16.5. The van der Waals surface area contributed by atoms with E-state index in [0.717, 1.165) is 5.56 Å². The van der Waals surface area contributed by atoms with Crippen molar-refractivity contribution in [3.05, 3.63) is 64.7 Å². The molecule has 4 nitrogen and oxygen atoms in total. The van der Waals surface area contributed by atoms with E-state index in [9.17, 15) is 19.8 Å². The van der Waals surface area contributed by atoms with E-state index in [2.05, 4.69) is 0 Å². The lowest BCUT2D eigenvalue weighted by Crippen LogP contribution is -2.09. The van der Waals surface area contributed by atoms with E-state index in [1.807, 2.05) is 0 Å². The highest BCUT2D eigenvalue weighted by Crippen LogP contribution is 2.37. The van der Waals surface area contributed by atoms with Crippen LogP contribution in [0.5, 0.6) is 5.75 Å². The van der Waals surface area contributed by atoms with Gasteiger partial charge in [0.15, 0.2) is 5.78 Å². The summed E-state index contributed by atoms with van der Waals surface area (Å²) in [4.78, 5) is 23.7. The number of fused-ring (bicyclic) bond motifs is 1. The first-order valence-electron chi connectivity index (χ1n) is 6.76. The van der Waals surface area contributed by atoms with Crippen LogP contribution in [0.3, 0.4) is 0 Å². The van der Waals surface area contributed by atoms with Gasteiger partial charge in [0.25, 0.3) is 0 Å². The Morgan fingerprint density at radius 1 is 1.10 bits per heavy atom. The molecular weight excluding hydrogens is 268 g/mol. The highest BCUT2D eigenvalue weighted by Gasteiger charge is 2.30. The number of rotatable bonds is 3. The van der Waals surface area contributed by atoms with Gasteiger partial charge in [-0.1, -0.05) is 30.3 Å². The number of hydrogen-bond donors (Lipinski definition) is 2. The second-order valence-corrected chi connectivity index (χ2v) is 5.19. The van der Waals surface area contributed by atoms with E-state index in [1.165, 1.54) is 12.1 Å². The molecule has 0 heterocycles. The maximum absolute atomic E-state index is 12.4. The van der Waals surface area contributed by atoms with Gasteiger partial charge in [-0.3, -0.25) is 9.59 Å². The van der Waals surface area contributed by atoms with Gasteiger partial charge < -0.3 is 10.2 Å². The number of benzene rings is 2. The van der Waals surface area contributed by atoms with Crippen LogP contribution in [-0.2, 0) is 11.2 Å². The van der Waals surface area contributed by atoms with Gasteiger partial charge >= 0.3 is 5.97 Å². The fourth-order valence-electron chi connectivity index (χ4n) is 2.83. The summed E-state index contributed by atoms with van der Waals surface area (Å²) in [5.74, 6) is -1.87. The highest BCUT2D eigenvalue weighted by atomic mass is 16.4. The monoisotopic (exact) mass is 282 g/mol. The van der Waals surface area contributed by atoms with Gasteiger partial charge in [0.1, 0.15) is 5.75 Å². The van der Waals surface area contributed by atoms with Crippen LogP contribution >= 0.6 is 0 Å². The quantitative estimate of drug-likeness (QED) is 0.849. The Morgan fingerprint density at radius 3 is 2.48 bits per heavy atom. The van der Waals surface area contributed by atoms with E-state index in [-0.39, 0.29) is 17.1 Å². The van der Waals surface area contributed by atoms with Crippen molar-refractivity contribution in [2.75, 3.05) is 0 Å². The molecule has 0 aliphatic heterocycles. The van der Waals surface area contributed by atoms with Crippen LogP contribution in [0, 0.1) is 0 Å². The number of carbonyl (C=O) groups is 2. The predicted molar refractivity (Wildman–Crippen MR) is 76.7 cm³/mol. The molecular formula is C17H14O4. The molecule has 0 saturated heterocycles. The van der Waals surface area contributed by atoms with Gasteiger partial charge in [0, 0.05) is 5.56 Å². The molecule has 0 radical (unpaired) electrons. The number of carbonyl (C=O) groups excluding carboxylic acids is 1. The molecule has 3 rings (SSSR count). The standard InChI is InChI=1S/C17H14O4/c18-15-8-11-6-7-12(17(20)21)13(11)9-14(15)16(19)10-4-2-1-3-5-10/h1-5,8-9,12,18H,6-7H2,(H,20,21). The Labute approximate surface area is 121 Å². The number of carboxylic acids is 1. The number of phenols is 1. The molecule has 1 aliphatic rings. The summed E-state index contributed by atoms with van der Waals surface area (Å²) >= 11 is 0. The third kappa shape index (κ3) is 2.29. The lowest BCUT2D eigenvalue weighted by Gasteiger charge is -2.10. The second kappa shape index (κ2) is 5.05. The number of aromatic hydroxyl groups is 1. The molecule has 0 fully saturated rings. The average Bonchev–Trinajstić information content (AvgIpc) is 2.89. The molecule has 0 aromatic heterocycles. The number of aliphatic carboxylic acids is 1. The van der Waals surface area contributed by atoms with E-state index in [0.29, 0.717) is 24.0 Å². The smallest absolute Gasteiger partial charge is 0.310 e. The lowest BCUT2D eigenvalue weighted by molar-refractivity contribution is -0.138. The Morgan fingerprint density at radius 2 is 1.81 bits per heavy atom. The van der Waals surface area contributed by atoms with Gasteiger partial charge in [-0.05, 0) is 36.1 Å². The van der Waals surface area contributed by atoms with Crippen molar-refractivity contribution in [3.8, 4) is 5.75 Å². The van der Waals surface area contributed by atoms with E-state index < -0.39 is 11.9 Å². The van der Waals surface area contributed by atoms with Crippen molar-refractivity contribution in [2.24, 2.45) is 0 Å². The van der Waals surface area contributed by atoms with Gasteiger partial charge in [-0.25, -0.2) is 0 Å². The molecule has 0 bridgehead atoms. The molecule has 0 saturated carbocycles. The minimum Gasteiger partial charge on any atom is -0.507 e. The molecule has 0 spiro atoms. The van der Waals surface area contributed by atoms with Gasteiger partial charge in [0.05, 0.1) is 11.5 Å². The Hall–Kier alpha value is -2.62. The van der Waals surface area contributed by atoms with Crippen molar-refractivity contribution in [1.82, 2.24) is 0 Å². The van der Waals surface area contributed by atoms with E-state index in [1.54, 1.807) is 30.3 Å². The average molecular weight is 282 g/mol. The Kier molecular flexibility index (Phi) is 3.22. The van der Waals surface area contributed by atoms with Crippen molar-refractivity contribution < 1.29 is 19.8 Å². The van der Waals surface area contributed by atoms with Crippen LogP contribution in [-0.4, -0.2) is 22.0 Å². The first-order valence-corrected chi connectivity index (χ1v) is 6.76. The van der Waals surface area contributed by atoms with Crippen molar-refractivity contribution in [3.63, 3.8) is 0 Å². The fourth-order valence-corrected chi connectivity index (χ4v) is 2.83. The number of ketones is 1. The molecule has 2 aromatic carbocycles. The van der Waals surface area contributed by atoms with Gasteiger partial charge in [-0.2, -0.15) is 0 Å². The van der Waals surface area contributed by atoms with Crippen LogP contribution in [0.15, 0.2) is 42.5 Å². The SMILES string of the molecule is O=C(c1ccccc1)c1cc2c(cc1O)CCC2C(=O)O. The number of aryl methyl sites for hydroxylation is 1. The molecule has 21 heavy (non-hydrogen) atoms. The van der Waals surface area contributed by atoms with Crippen LogP contribution in [0.2, 0.25) is 0 Å². The summed E-state index contributed by atoms with van der Waals surface area (Å²) in [6.07, 6.45) is 1.12. The zero-order valence-electron chi connectivity index (χ0n) is 11.2. The second-order valence-electron chi connectivity index (χ2n) is 5.19. The number of phenolic OH excluding ortho intramolecular Hbond substituents is 1. The van der Waals surface area contributed by atoms with Crippen LogP contribution in [0.25, 0.3) is 0 Å². The molecule has 106 valence electrons. The Balaban J connectivity index is 2.07. The minimum absolute atomic E-state index is 0.0892. The first kappa shape index (κ1) is 13.4. The molecule has 1 atom stereocenters. The van der Waals surface area contributed by atoms with Crippen molar-refractivity contribution in [2.45, 2.75) is 18.8 Å². The van der Waals surface area contributed by atoms with Crippen molar-refractivity contribution in [1.29, 1.82) is 0 Å². The zero-order chi connectivity index (χ0) is 15.0. The summed E-state index contributed by atoms with van der Waals surface area (Å²) < 4.78 is 0. The lowest BCUT2D eigenvalue weighted by atomic mass is 9.95. The minimum atomic E-state index is -0.891. The molecule has 2 aromatic rings. The van der Waals surface area contributed by atoms with Crippen LogP contribution in [0.1, 0.15) is 39.4 Å². The third-order valence-corrected chi connectivity index (χ3v) is 3.91. The maximum atomic E-state index is 12.4. The number of hydrogen-bond acceptors (Lipinski definition) is 3. The maximum Gasteiger partial charge on any atom is 0.310 e. The number of carboxylic acid groups (broad SMARTS) is 1. The molecule has 0 amide bonds. The van der Waals surface area contributed by atoms with Gasteiger partial charge in [0.2, 0.25) is 0 Å². The fraction of sp³-hybridized carbons (Fsp3) is 0.176. The Bertz CT molecular complexity index is 719. The summed E-state index contributed by atoms with van der Waals surface area (Å²) in [5, 5.41) is 19.3.